The van der Waals surface area contributed by atoms with Crippen molar-refractivity contribution >= 4 is 32.3 Å². The number of carbonyl (C=O) groups excluding carboxylic acids is 1. The second kappa shape index (κ2) is 9.48. The fraction of sp³-hybridized carbons (Fsp3) is 0.120. The van der Waals surface area contributed by atoms with E-state index >= 15 is 0 Å². The van der Waals surface area contributed by atoms with Crippen molar-refractivity contribution in [1.29, 1.82) is 0 Å². The van der Waals surface area contributed by atoms with Crippen LogP contribution in [0.5, 0.6) is 5.75 Å². The minimum atomic E-state index is -4.16. The molecular weight excluding hydrogens is 459 g/mol. The van der Waals surface area contributed by atoms with E-state index in [1.807, 2.05) is 0 Å². The van der Waals surface area contributed by atoms with Crippen LogP contribution in [-0.4, -0.2) is 25.5 Å². The molecule has 0 radical (unpaired) electrons. The molecule has 1 amide bonds. The smallest absolute Gasteiger partial charge is 0.244 e. The van der Waals surface area contributed by atoms with E-state index in [-0.39, 0.29) is 16.8 Å². The van der Waals surface area contributed by atoms with Crippen LogP contribution in [0.4, 0.5) is 10.1 Å². The predicted octanol–water partition coefficient (Wildman–Crippen LogP) is 4.01. The Labute approximate surface area is 195 Å². The Hall–Kier alpha value is -3.98. The fourth-order valence-corrected chi connectivity index (χ4v) is 4.93. The lowest BCUT2D eigenvalue weighted by molar-refractivity contribution is -0.116. The number of aromatic nitrogens is 1. The van der Waals surface area contributed by atoms with Crippen LogP contribution in [-0.2, 0) is 21.2 Å². The number of hydrogen-bond acceptors (Lipinski definition) is 5. The third kappa shape index (κ3) is 4.69. The first-order valence-electron chi connectivity index (χ1n) is 10.4. The van der Waals surface area contributed by atoms with E-state index < -0.39 is 31.9 Å². The van der Waals surface area contributed by atoms with Crippen LogP contribution in [0.25, 0.3) is 10.9 Å². The summed E-state index contributed by atoms with van der Waals surface area (Å²) in [6, 6.07) is 17.6. The number of anilines is 1. The van der Waals surface area contributed by atoms with E-state index in [1.54, 1.807) is 37.3 Å². The number of carbonyl (C=O) groups is 1. The lowest BCUT2D eigenvalue weighted by Gasteiger charge is -2.15. The van der Waals surface area contributed by atoms with Crippen LogP contribution in [0.2, 0.25) is 0 Å². The summed E-state index contributed by atoms with van der Waals surface area (Å²) in [7, 11) is -4.16. The Morgan fingerprint density at radius 2 is 1.74 bits per heavy atom. The van der Waals surface area contributed by atoms with Crippen molar-refractivity contribution in [3.8, 4) is 5.75 Å². The van der Waals surface area contributed by atoms with E-state index in [9.17, 15) is 22.4 Å². The summed E-state index contributed by atoms with van der Waals surface area (Å²) in [6.07, 6.45) is 1.18. The molecule has 9 heteroatoms. The second-order valence-corrected chi connectivity index (χ2v) is 9.35. The van der Waals surface area contributed by atoms with E-state index in [0.717, 1.165) is 0 Å². The first-order chi connectivity index (χ1) is 16.3. The van der Waals surface area contributed by atoms with Gasteiger partial charge in [-0.2, -0.15) is 0 Å². The number of rotatable bonds is 7. The zero-order chi connectivity index (χ0) is 24.3. The van der Waals surface area contributed by atoms with Crippen molar-refractivity contribution in [2.75, 3.05) is 11.9 Å². The minimum absolute atomic E-state index is 0.0327. The maximum Gasteiger partial charge on any atom is 0.244 e. The molecule has 34 heavy (non-hydrogen) atoms. The first kappa shape index (κ1) is 23.2. The van der Waals surface area contributed by atoms with Crippen LogP contribution in [0, 0.1) is 5.82 Å². The number of fused-ring (bicyclic) bond motifs is 1. The largest absolute Gasteiger partial charge is 0.494 e. The van der Waals surface area contributed by atoms with Crippen LogP contribution in [0.1, 0.15) is 6.92 Å². The highest BCUT2D eigenvalue weighted by Gasteiger charge is 2.24. The van der Waals surface area contributed by atoms with Crippen molar-refractivity contribution in [1.82, 2.24) is 4.57 Å². The molecule has 0 aliphatic rings. The number of amides is 1. The highest BCUT2D eigenvalue weighted by Crippen LogP contribution is 2.24. The summed E-state index contributed by atoms with van der Waals surface area (Å²) in [6.45, 7) is 1.87. The van der Waals surface area contributed by atoms with Crippen LogP contribution in [0.3, 0.4) is 0 Å². The number of benzene rings is 3. The van der Waals surface area contributed by atoms with Gasteiger partial charge in [-0.1, -0.05) is 18.2 Å². The molecule has 1 heterocycles. The van der Waals surface area contributed by atoms with E-state index in [4.69, 9.17) is 4.74 Å². The van der Waals surface area contributed by atoms with Gasteiger partial charge in [0.1, 0.15) is 23.0 Å². The molecule has 0 unspecified atom stereocenters. The van der Waals surface area contributed by atoms with Gasteiger partial charge in [-0.3, -0.25) is 9.59 Å². The van der Waals surface area contributed by atoms with Crippen LogP contribution >= 0.6 is 0 Å². The van der Waals surface area contributed by atoms with E-state index in [2.05, 4.69) is 5.32 Å². The van der Waals surface area contributed by atoms with Gasteiger partial charge in [0.05, 0.1) is 22.4 Å². The van der Waals surface area contributed by atoms with Gasteiger partial charge >= 0.3 is 0 Å². The summed E-state index contributed by atoms with van der Waals surface area (Å²) >= 11 is 0. The maximum atomic E-state index is 13.3. The van der Waals surface area contributed by atoms with Gasteiger partial charge in [-0.25, -0.2) is 12.8 Å². The zero-order valence-electron chi connectivity index (χ0n) is 18.2. The molecular formula is C25H21FN2O5S. The molecule has 174 valence electrons. The number of ether oxygens (including phenoxy) is 1. The number of halogens is 1. The van der Waals surface area contributed by atoms with Gasteiger partial charge in [0.15, 0.2) is 0 Å². The molecule has 0 saturated carbocycles. The maximum absolute atomic E-state index is 13.3. The molecule has 0 bridgehead atoms. The predicted molar refractivity (Wildman–Crippen MR) is 126 cm³/mol. The molecule has 0 aliphatic heterocycles. The summed E-state index contributed by atoms with van der Waals surface area (Å²) in [5.41, 5.74) is 0.0674. The average Bonchev–Trinajstić information content (AvgIpc) is 2.83. The summed E-state index contributed by atoms with van der Waals surface area (Å²) < 4.78 is 46.6. The third-order valence-corrected chi connectivity index (χ3v) is 6.88. The van der Waals surface area contributed by atoms with Crippen LogP contribution < -0.4 is 15.5 Å². The van der Waals surface area contributed by atoms with Gasteiger partial charge in [0.2, 0.25) is 21.2 Å². The normalized spacial score (nSPS) is 11.4. The van der Waals surface area contributed by atoms with E-state index in [0.29, 0.717) is 23.6 Å². The molecule has 1 aromatic heterocycles. The van der Waals surface area contributed by atoms with Crippen molar-refractivity contribution in [2.45, 2.75) is 23.3 Å². The SMILES string of the molecule is CCOc1ccc2c(c1)c(=O)c(S(=O)(=O)c1ccccc1)cn2CC(=O)Nc1ccc(F)cc1. The fourth-order valence-electron chi connectivity index (χ4n) is 3.54. The Bertz CT molecular complexity index is 1520. The zero-order valence-corrected chi connectivity index (χ0v) is 19.0. The molecule has 0 aliphatic carbocycles. The number of nitrogens with one attached hydrogen (secondary N) is 1. The number of nitrogens with zero attached hydrogens (tertiary/aromatic N) is 1. The Morgan fingerprint density at radius 3 is 2.41 bits per heavy atom. The lowest BCUT2D eigenvalue weighted by Crippen LogP contribution is -2.24. The first-order valence-corrected chi connectivity index (χ1v) is 11.9. The molecule has 1 N–H and O–H groups in total. The summed E-state index contributed by atoms with van der Waals surface area (Å²) in [5.74, 6) is -0.512. The Balaban J connectivity index is 1.83. The average molecular weight is 481 g/mol. The lowest BCUT2D eigenvalue weighted by atomic mass is 10.2. The van der Waals surface area contributed by atoms with Crippen LogP contribution in [0.15, 0.2) is 93.6 Å². The second-order valence-electron chi connectivity index (χ2n) is 7.43. The molecule has 4 aromatic rings. The number of pyridine rings is 1. The topological polar surface area (TPSA) is 94.5 Å². The molecule has 0 atom stereocenters. The highest BCUT2D eigenvalue weighted by molar-refractivity contribution is 7.91. The molecule has 3 aromatic carbocycles. The molecule has 0 saturated heterocycles. The molecule has 0 spiro atoms. The van der Waals surface area contributed by atoms with Crippen molar-refractivity contribution in [2.24, 2.45) is 0 Å². The van der Waals surface area contributed by atoms with Gasteiger partial charge in [0, 0.05) is 11.9 Å². The van der Waals surface area contributed by atoms with Gasteiger partial charge in [-0.05, 0) is 61.5 Å². The molecule has 0 fully saturated rings. The van der Waals surface area contributed by atoms with Gasteiger partial charge < -0.3 is 14.6 Å². The molecule has 7 nitrogen and oxygen atoms in total. The Morgan fingerprint density at radius 1 is 1.03 bits per heavy atom. The van der Waals surface area contributed by atoms with E-state index in [1.165, 1.54) is 53.2 Å². The Kier molecular flexibility index (Phi) is 6.47. The summed E-state index contributed by atoms with van der Waals surface area (Å²) in [5, 5.41) is 2.75. The van der Waals surface area contributed by atoms with Crippen molar-refractivity contribution in [3.63, 3.8) is 0 Å². The van der Waals surface area contributed by atoms with Crippen molar-refractivity contribution < 1.29 is 22.3 Å². The number of hydrogen-bond donors (Lipinski definition) is 1. The minimum Gasteiger partial charge on any atom is -0.494 e. The van der Waals surface area contributed by atoms with Gasteiger partial charge in [0.25, 0.3) is 0 Å². The standard InChI is InChI=1S/C25H21FN2O5S/c1-2-33-19-12-13-22-21(14-19)25(30)23(34(31,32)20-6-4-3-5-7-20)15-28(22)16-24(29)27-18-10-8-17(26)9-11-18/h3-15H,2,16H2,1H3,(H,27,29). The number of sulfone groups is 1. The van der Waals surface area contributed by atoms with Crippen molar-refractivity contribution in [3.05, 3.63) is 95.0 Å². The highest BCUT2D eigenvalue weighted by atomic mass is 32.2. The quantitative estimate of drug-likeness (QED) is 0.431. The third-order valence-electron chi connectivity index (χ3n) is 5.11. The molecule has 4 rings (SSSR count). The summed E-state index contributed by atoms with van der Waals surface area (Å²) in [4.78, 5) is 25.5. The van der Waals surface area contributed by atoms with Gasteiger partial charge in [-0.15, -0.1) is 0 Å². The monoisotopic (exact) mass is 480 g/mol.